The monoisotopic (exact) mass is 225 g/mol. The minimum Gasteiger partial charge on any atom is -0.481 e. The van der Waals surface area contributed by atoms with Crippen molar-refractivity contribution < 1.29 is 9.90 Å². The molecule has 0 aliphatic carbocycles. The molecule has 0 aromatic carbocycles. The molecule has 0 unspecified atom stereocenters. The number of rotatable bonds is 5. The normalized spacial score (nSPS) is 11.7. The van der Waals surface area contributed by atoms with Crippen molar-refractivity contribution in [2.24, 2.45) is 5.41 Å². The van der Waals surface area contributed by atoms with Crippen LogP contribution in [0.25, 0.3) is 0 Å². The van der Waals surface area contributed by atoms with E-state index in [0.717, 1.165) is 18.7 Å². The highest BCUT2D eigenvalue weighted by Crippen LogP contribution is 2.18. The van der Waals surface area contributed by atoms with Crippen molar-refractivity contribution in [2.75, 3.05) is 0 Å². The van der Waals surface area contributed by atoms with Crippen molar-refractivity contribution in [3.05, 3.63) is 11.9 Å². The predicted octanol–water partition coefficient (Wildman–Crippen LogP) is 1.73. The van der Waals surface area contributed by atoms with Crippen molar-refractivity contribution in [3.8, 4) is 0 Å². The average Bonchev–Trinajstić information content (AvgIpc) is 2.58. The van der Waals surface area contributed by atoms with Gasteiger partial charge in [0.25, 0.3) is 0 Å². The van der Waals surface area contributed by atoms with Gasteiger partial charge in [-0.2, -0.15) is 0 Å². The third-order valence-electron chi connectivity index (χ3n) is 2.27. The smallest absolute Gasteiger partial charge is 0.303 e. The Hall–Kier alpha value is -1.39. The maximum atomic E-state index is 10.4. The highest BCUT2D eigenvalue weighted by Gasteiger charge is 2.11. The molecule has 5 nitrogen and oxygen atoms in total. The van der Waals surface area contributed by atoms with E-state index in [-0.39, 0.29) is 11.8 Å². The van der Waals surface area contributed by atoms with Crippen LogP contribution in [0, 0.1) is 5.41 Å². The first-order valence-corrected chi connectivity index (χ1v) is 5.48. The summed E-state index contributed by atoms with van der Waals surface area (Å²) >= 11 is 0. The maximum Gasteiger partial charge on any atom is 0.303 e. The largest absolute Gasteiger partial charge is 0.481 e. The van der Waals surface area contributed by atoms with E-state index in [4.69, 9.17) is 5.11 Å². The molecule has 1 N–H and O–H groups in total. The van der Waals surface area contributed by atoms with E-state index >= 15 is 0 Å². The van der Waals surface area contributed by atoms with Crippen molar-refractivity contribution in [2.45, 2.75) is 46.6 Å². The minimum atomic E-state index is -0.802. The molecular formula is C11H19N3O2. The Morgan fingerprint density at radius 1 is 1.50 bits per heavy atom. The number of carbonyl (C=O) groups is 1. The third-order valence-corrected chi connectivity index (χ3v) is 2.27. The Morgan fingerprint density at radius 3 is 2.75 bits per heavy atom. The van der Waals surface area contributed by atoms with Gasteiger partial charge in [0.1, 0.15) is 0 Å². The number of hydrogen-bond acceptors (Lipinski definition) is 3. The summed E-state index contributed by atoms with van der Waals surface area (Å²) in [5, 5.41) is 16.4. The van der Waals surface area contributed by atoms with E-state index in [0.29, 0.717) is 6.42 Å². The fraction of sp³-hybridized carbons (Fsp3) is 0.727. The van der Waals surface area contributed by atoms with Gasteiger partial charge in [0.2, 0.25) is 0 Å². The molecule has 1 heterocycles. The number of nitrogens with zero attached hydrogens (tertiary/aromatic N) is 3. The summed E-state index contributed by atoms with van der Waals surface area (Å²) in [6.07, 6.45) is 3.41. The number of aryl methyl sites for hydroxylation is 2. The van der Waals surface area contributed by atoms with Crippen LogP contribution in [0.5, 0.6) is 0 Å². The van der Waals surface area contributed by atoms with E-state index in [9.17, 15) is 4.79 Å². The van der Waals surface area contributed by atoms with Gasteiger partial charge in [-0.3, -0.25) is 9.48 Å². The van der Waals surface area contributed by atoms with E-state index in [1.807, 2.05) is 6.20 Å². The summed E-state index contributed by atoms with van der Waals surface area (Å²) in [4.78, 5) is 10.4. The number of carboxylic acids is 1. The molecule has 0 aliphatic heterocycles. The second-order valence-electron chi connectivity index (χ2n) is 5.18. The number of aromatic nitrogens is 3. The second-order valence-corrected chi connectivity index (χ2v) is 5.18. The van der Waals surface area contributed by atoms with Crippen LogP contribution >= 0.6 is 0 Å². The number of hydrogen-bond donors (Lipinski definition) is 1. The Kier molecular flexibility index (Phi) is 4.04. The Labute approximate surface area is 95.5 Å². The lowest BCUT2D eigenvalue weighted by atomic mass is 9.92. The van der Waals surface area contributed by atoms with Crippen LogP contribution in [-0.4, -0.2) is 26.1 Å². The fourth-order valence-corrected chi connectivity index (χ4v) is 1.25. The Balaban J connectivity index is 2.42. The fourth-order valence-electron chi connectivity index (χ4n) is 1.25. The van der Waals surface area contributed by atoms with Crippen LogP contribution in [0.2, 0.25) is 0 Å². The standard InChI is InChI=1S/C11H19N3O2/c1-11(2,3)6-7-14-8-9(12-13-14)4-5-10(15)16/h8H,4-7H2,1-3H3,(H,15,16). The van der Waals surface area contributed by atoms with Gasteiger partial charge in [0.15, 0.2) is 0 Å². The highest BCUT2D eigenvalue weighted by molar-refractivity contribution is 5.66. The lowest BCUT2D eigenvalue weighted by Crippen LogP contribution is -2.10. The molecule has 0 bridgehead atoms. The lowest BCUT2D eigenvalue weighted by Gasteiger charge is -2.17. The van der Waals surface area contributed by atoms with Gasteiger partial charge in [0.05, 0.1) is 12.1 Å². The van der Waals surface area contributed by atoms with Gasteiger partial charge in [-0.1, -0.05) is 26.0 Å². The van der Waals surface area contributed by atoms with Gasteiger partial charge < -0.3 is 5.11 Å². The maximum absolute atomic E-state index is 10.4. The summed E-state index contributed by atoms with van der Waals surface area (Å²) in [5.74, 6) is -0.802. The van der Waals surface area contributed by atoms with Crippen LogP contribution in [0.4, 0.5) is 0 Å². The minimum absolute atomic E-state index is 0.109. The van der Waals surface area contributed by atoms with E-state index in [1.165, 1.54) is 0 Å². The van der Waals surface area contributed by atoms with Gasteiger partial charge in [-0.05, 0) is 11.8 Å². The molecule has 0 amide bonds. The van der Waals surface area contributed by atoms with Gasteiger partial charge in [-0.25, -0.2) is 0 Å². The topological polar surface area (TPSA) is 68.0 Å². The molecule has 0 atom stereocenters. The van der Waals surface area contributed by atoms with Crippen LogP contribution in [-0.2, 0) is 17.8 Å². The summed E-state index contributed by atoms with van der Waals surface area (Å²) in [7, 11) is 0. The van der Waals surface area contributed by atoms with Crippen molar-refractivity contribution in [3.63, 3.8) is 0 Å². The molecule has 1 aromatic heterocycles. The first-order valence-electron chi connectivity index (χ1n) is 5.48. The van der Waals surface area contributed by atoms with Gasteiger partial charge in [0, 0.05) is 19.2 Å². The molecule has 90 valence electrons. The molecule has 0 spiro atoms. The zero-order valence-corrected chi connectivity index (χ0v) is 10.1. The Bertz CT molecular complexity index is 352. The molecule has 1 aromatic rings. The molecule has 5 heteroatoms. The predicted molar refractivity (Wildman–Crippen MR) is 60.1 cm³/mol. The van der Waals surface area contributed by atoms with E-state index in [2.05, 4.69) is 31.1 Å². The first kappa shape index (κ1) is 12.7. The molecule has 0 fully saturated rings. The molecule has 0 radical (unpaired) electrons. The third kappa shape index (κ3) is 4.91. The molecule has 0 saturated carbocycles. The summed E-state index contributed by atoms with van der Waals surface area (Å²) in [6, 6.07) is 0. The SMILES string of the molecule is CC(C)(C)CCn1cc(CCC(=O)O)nn1. The van der Waals surface area contributed by atoms with Crippen LogP contribution in [0.3, 0.4) is 0 Å². The Morgan fingerprint density at radius 2 is 2.19 bits per heavy atom. The van der Waals surface area contributed by atoms with Crippen molar-refractivity contribution >= 4 is 5.97 Å². The van der Waals surface area contributed by atoms with Gasteiger partial charge in [-0.15, -0.1) is 5.10 Å². The number of carboxylic acid groups (broad SMARTS) is 1. The van der Waals surface area contributed by atoms with E-state index < -0.39 is 5.97 Å². The summed E-state index contributed by atoms with van der Waals surface area (Å²) < 4.78 is 1.78. The average molecular weight is 225 g/mol. The second kappa shape index (κ2) is 5.09. The van der Waals surface area contributed by atoms with Crippen LogP contribution in [0.1, 0.15) is 39.3 Å². The molecule has 0 aliphatic rings. The lowest BCUT2D eigenvalue weighted by molar-refractivity contribution is -0.136. The molecule has 16 heavy (non-hydrogen) atoms. The van der Waals surface area contributed by atoms with Crippen LogP contribution in [0.15, 0.2) is 6.20 Å². The first-order chi connectivity index (χ1) is 7.37. The van der Waals surface area contributed by atoms with Crippen molar-refractivity contribution in [1.29, 1.82) is 0 Å². The van der Waals surface area contributed by atoms with E-state index in [1.54, 1.807) is 4.68 Å². The summed E-state index contributed by atoms with van der Waals surface area (Å²) in [6.45, 7) is 7.35. The van der Waals surface area contributed by atoms with Crippen molar-refractivity contribution in [1.82, 2.24) is 15.0 Å². The quantitative estimate of drug-likeness (QED) is 0.828. The number of aliphatic carboxylic acids is 1. The molecule has 1 rings (SSSR count). The molecule has 0 saturated heterocycles. The zero-order chi connectivity index (χ0) is 12.2. The highest BCUT2D eigenvalue weighted by atomic mass is 16.4. The summed E-state index contributed by atoms with van der Waals surface area (Å²) in [5.41, 5.74) is 1.02. The van der Waals surface area contributed by atoms with Crippen LogP contribution < -0.4 is 0 Å². The zero-order valence-electron chi connectivity index (χ0n) is 10.1. The molecular weight excluding hydrogens is 206 g/mol. The van der Waals surface area contributed by atoms with Gasteiger partial charge >= 0.3 is 5.97 Å².